The molecule has 1 aliphatic rings. The predicted octanol–water partition coefficient (Wildman–Crippen LogP) is 6.65. The van der Waals surface area contributed by atoms with Crippen molar-refractivity contribution in [3.8, 4) is 0 Å². The minimum absolute atomic E-state index is 1.05. The number of likely N-dealkylation sites (N-methyl/N-ethyl adjacent to an activating group) is 2. The van der Waals surface area contributed by atoms with Crippen molar-refractivity contribution in [3.63, 3.8) is 0 Å². The second kappa shape index (κ2) is 11.1. The number of fused-ring (bicyclic) bond motifs is 2. The lowest BCUT2D eigenvalue weighted by atomic mass is 10.0. The summed E-state index contributed by atoms with van der Waals surface area (Å²) in [7, 11) is 0. The molecule has 4 heteroatoms. The Bertz CT molecular complexity index is 849. The number of quaternary nitrogens is 2. The summed E-state index contributed by atoms with van der Waals surface area (Å²) in [6, 6.07) is 14.1. The van der Waals surface area contributed by atoms with Crippen molar-refractivity contribution in [3.05, 3.63) is 47.5 Å². The normalized spacial score (nSPS) is 13.8. The molecule has 0 aromatic heterocycles. The molecule has 4 nitrogen and oxygen atoms in total. The summed E-state index contributed by atoms with van der Waals surface area (Å²) in [5.74, 6) is 0. The van der Waals surface area contributed by atoms with Crippen molar-refractivity contribution in [2.24, 2.45) is 0 Å². The van der Waals surface area contributed by atoms with E-state index in [0.717, 1.165) is 13.1 Å². The highest BCUT2D eigenvalue weighted by Crippen LogP contribution is 2.48. The number of anilines is 4. The van der Waals surface area contributed by atoms with E-state index >= 15 is 0 Å². The van der Waals surface area contributed by atoms with E-state index in [4.69, 9.17) is 0 Å². The molecule has 0 amide bonds. The van der Waals surface area contributed by atoms with E-state index in [0.29, 0.717) is 0 Å². The van der Waals surface area contributed by atoms with Crippen molar-refractivity contribution in [1.29, 1.82) is 0 Å². The molecule has 188 valence electrons. The van der Waals surface area contributed by atoms with Gasteiger partial charge in [-0.3, -0.25) is 0 Å². The van der Waals surface area contributed by atoms with Gasteiger partial charge >= 0.3 is 0 Å². The van der Waals surface area contributed by atoms with E-state index in [1.165, 1.54) is 95.2 Å². The summed E-state index contributed by atoms with van der Waals surface area (Å²) >= 11 is 0. The van der Waals surface area contributed by atoms with Gasteiger partial charge in [0.15, 0.2) is 0 Å². The first-order chi connectivity index (χ1) is 16.3. The highest BCUT2D eigenvalue weighted by Gasteiger charge is 2.32. The third-order valence-electron chi connectivity index (χ3n) is 9.05. The molecule has 3 rings (SSSR count). The average Bonchev–Trinajstić information content (AvgIpc) is 2.86. The molecule has 0 spiro atoms. The van der Waals surface area contributed by atoms with Crippen LogP contribution in [0.15, 0.2) is 36.4 Å². The first kappa shape index (κ1) is 26.6. The van der Waals surface area contributed by atoms with Crippen LogP contribution in [0.2, 0.25) is 0 Å². The highest BCUT2D eigenvalue weighted by atomic mass is 15.4. The zero-order valence-electron chi connectivity index (χ0n) is 23.3. The summed E-state index contributed by atoms with van der Waals surface area (Å²) < 4.78 is 2.35. The monoisotopic (exact) mass is 466 g/mol. The van der Waals surface area contributed by atoms with Gasteiger partial charge in [0.25, 0.3) is 0 Å². The van der Waals surface area contributed by atoms with Crippen LogP contribution >= 0.6 is 0 Å². The summed E-state index contributed by atoms with van der Waals surface area (Å²) in [6.07, 6.45) is 0. The number of aryl methyl sites for hydroxylation is 2. The van der Waals surface area contributed by atoms with E-state index < -0.39 is 0 Å². The zero-order valence-corrected chi connectivity index (χ0v) is 23.3. The van der Waals surface area contributed by atoms with E-state index in [9.17, 15) is 0 Å². The fraction of sp³-hybridized carbons (Fsp3) is 0.600. The van der Waals surface area contributed by atoms with Gasteiger partial charge in [0.05, 0.1) is 88.2 Å². The lowest BCUT2D eigenvalue weighted by Gasteiger charge is -2.44. The van der Waals surface area contributed by atoms with Crippen molar-refractivity contribution < 1.29 is 8.97 Å². The Morgan fingerprint density at radius 3 is 1.12 bits per heavy atom. The van der Waals surface area contributed by atoms with Crippen LogP contribution in [-0.4, -0.2) is 74.4 Å². The Morgan fingerprint density at radius 2 is 0.824 bits per heavy atom. The van der Waals surface area contributed by atoms with Crippen LogP contribution in [0.1, 0.15) is 52.7 Å². The van der Waals surface area contributed by atoms with Crippen LogP contribution in [-0.2, 0) is 0 Å². The Labute approximate surface area is 210 Å². The van der Waals surface area contributed by atoms with Crippen LogP contribution in [0.4, 0.5) is 22.7 Å². The molecule has 0 radical (unpaired) electrons. The molecule has 0 saturated heterocycles. The van der Waals surface area contributed by atoms with Gasteiger partial charge in [-0.1, -0.05) is 12.1 Å². The third kappa shape index (κ3) is 5.13. The largest absolute Gasteiger partial charge is 0.332 e. The van der Waals surface area contributed by atoms with Gasteiger partial charge in [0.2, 0.25) is 0 Å². The molecule has 0 saturated carbocycles. The number of nitrogens with zero attached hydrogens (tertiary/aromatic N) is 4. The molecule has 1 aliphatic heterocycles. The summed E-state index contributed by atoms with van der Waals surface area (Å²) in [5.41, 5.74) is 8.16. The maximum absolute atomic E-state index is 2.61. The summed E-state index contributed by atoms with van der Waals surface area (Å²) in [4.78, 5) is 5.23. The molecule has 0 bridgehead atoms. The number of benzene rings is 2. The molecular formula is C30H50N4+2. The number of hydrogen-bond donors (Lipinski definition) is 0. The van der Waals surface area contributed by atoms with Crippen molar-refractivity contribution in [2.45, 2.75) is 55.4 Å². The predicted molar refractivity (Wildman–Crippen MR) is 150 cm³/mol. The maximum atomic E-state index is 2.61. The standard InChI is InChI=1S/C30H50N4/c1-9-33(10-2,11-3)21-19-31-27-17-15-26(8)24-30(27)32(20-22-34(12-4,13-5)14-6)28-18-16-25(7)23-29(28)31/h15-18,23-24H,9-14,19-22H2,1-8H3/q+2. The minimum Gasteiger partial charge on any atom is -0.332 e. The van der Waals surface area contributed by atoms with Crippen LogP contribution in [0.25, 0.3) is 0 Å². The van der Waals surface area contributed by atoms with Gasteiger partial charge in [-0.15, -0.1) is 0 Å². The summed E-state index contributed by atoms with van der Waals surface area (Å²) in [6.45, 7) is 30.1. The zero-order chi connectivity index (χ0) is 24.9. The average molecular weight is 467 g/mol. The van der Waals surface area contributed by atoms with Gasteiger partial charge in [0, 0.05) is 0 Å². The van der Waals surface area contributed by atoms with Gasteiger partial charge in [-0.25, -0.2) is 0 Å². The van der Waals surface area contributed by atoms with E-state index in [1.54, 1.807) is 0 Å². The van der Waals surface area contributed by atoms with Crippen molar-refractivity contribution >= 4 is 22.7 Å². The first-order valence-electron chi connectivity index (χ1n) is 13.8. The van der Waals surface area contributed by atoms with Crippen LogP contribution in [0.3, 0.4) is 0 Å². The molecule has 34 heavy (non-hydrogen) atoms. The maximum Gasteiger partial charge on any atom is 0.0968 e. The molecule has 2 aromatic rings. The topological polar surface area (TPSA) is 6.48 Å². The fourth-order valence-electron chi connectivity index (χ4n) is 5.81. The molecule has 1 heterocycles. The first-order valence-corrected chi connectivity index (χ1v) is 13.8. The molecule has 0 atom stereocenters. The molecular weight excluding hydrogens is 416 g/mol. The third-order valence-corrected chi connectivity index (χ3v) is 9.05. The van der Waals surface area contributed by atoms with Gasteiger partial charge in [0.1, 0.15) is 0 Å². The Hall–Kier alpha value is -2.04. The van der Waals surface area contributed by atoms with Crippen LogP contribution in [0.5, 0.6) is 0 Å². The van der Waals surface area contributed by atoms with Crippen LogP contribution in [0, 0.1) is 13.8 Å². The lowest BCUT2D eigenvalue weighted by molar-refractivity contribution is -0.921. The lowest BCUT2D eigenvalue weighted by Crippen LogP contribution is -2.52. The van der Waals surface area contributed by atoms with E-state index in [2.05, 4.69) is 102 Å². The Kier molecular flexibility index (Phi) is 8.70. The SMILES string of the molecule is CC[N+](CC)(CC)CCN1c2ccc(C)cc2N(CC[N+](CC)(CC)CC)c2ccc(C)cc21. The van der Waals surface area contributed by atoms with Gasteiger partial charge < -0.3 is 18.8 Å². The van der Waals surface area contributed by atoms with Crippen molar-refractivity contribution in [1.82, 2.24) is 0 Å². The number of hydrogen-bond acceptors (Lipinski definition) is 2. The molecule has 0 fully saturated rings. The van der Waals surface area contributed by atoms with Gasteiger partial charge in [-0.05, 0) is 90.8 Å². The quantitative estimate of drug-likeness (QED) is 0.323. The second-order valence-corrected chi connectivity index (χ2v) is 10.3. The Balaban J connectivity index is 2.05. The molecule has 0 N–H and O–H groups in total. The summed E-state index contributed by atoms with van der Waals surface area (Å²) in [5, 5.41) is 0. The second-order valence-electron chi connectivity index (χ2n) is 10.3. The Morgan fingerprint density at radius 1 is 0.500 bits per heavy atom. The molecule has 0 aliphatic carbocycles. The van der Waals surface area contributed by atoms with E-state index in [-0.39, 0.29) is 0 Å². The molecule has 0 unspecified atom stereocenters. The fourth-order valence-corrected chi connectivity index (χ4v) is 5.81. The highest BCUT2D eigenvalue weighted by molar-refractivity contribution is 5.93. The van der Waals surface area contributed by atoms with Crippen LogP contribution < -0.4 is 9.80 Å². The molecule has 2 aromatic carbocycles. The smallest absolute Gasteiger partial charge is 0.0968 e. The van der Waals surface area contributed by atoms with Crippen molar-refractivity contribution in [2.75, 3.05) is 75.2 Å². The number of rotatable bonds is 12. The van der Waals surface area contributed by atoms with E-state index in [1.807, 2.05) is 0 Å². The van der Waals surface area contributed by atoms with Gasteiger partial charge in [-0.2, -0.15) is 0 Å². The minimum atomic E-state index is 1.05.